The molecular weight excluding hydrogens is 292 g/mol. The Morgan fingerprint density at radius 1 is 1.48 bits per heavy atom. The molecule has 0 aliphatic carbocycles. The molecule has 0 radical (unpaired) electrons. The molecule has 0 spiro atoms. The van der Waals surface area contributed by atoms with Gasteiger partial charge in [0.05, 0.1) is 12.2 Å². The van der Waals surface area contributed by atoms with Gasteiger partial charge in [0.1, 0.15) is 6.04 Å². The molecule has 0 saturated heterocycles. The Hall–Kier alpha value is -2.14. The van der Waals surface area contributed by atoms with Gasteiger partial charge in [-0.2, -0.15) is 0 Å². The minimum absolute atomic E-state index is 0.299. The molecular formula is C18H22N2O3. The molecule has 3 rings (SSSR count). The summed E-state index contributed by atoms with van der Waals surface area (Å²) in [6.45, 7) is 7.32. The predicted molar refractivity (Wildman–Crippen MR) is 86.3 cm³/mol. The highest BCUT2D eigenvalue weighted by Gasteiger charge is 2.34. The van der Waals surface area contributed by atoms with Crippen molar-refractivity contribution in [1.82, 2.24) is 10.1 Å². The number of rotatable bonds is 4. The van der Waals surface area contributed by atoms with Gasteiger partial charge in [0.2, 0.25) is 0 Å². The molecule has 2 aromatic rings. The van der Waals surface area contributed by atoms with E-state index in [0.717, 1.165) is 34.6 Å². The van der Waals surface area contributed by atoms with Crippen LogP contribution in [-0.4, -0.2) is 27.7 Å². The third kappa shape index (κ3) is 3.01. The molecule has 1 aliphatic rings. The van der Waals surface area contributed by atoms with Crippen LogP contribution in [0.25, 0.3) is 0 Å². The molecule has 1 aliphatic heterocycles. The molecule has 1 unspecified atom stereocenters. The Bertz CT molecular complexity index is 721. The zero-order chi connectivity index (χ0) is 16.6. The van der Waals surface area contributed by atoms with Gasteiger partial charge in [-0.3, -0.25) is 9.69 Å². The highest BCUT2D eigenvalue weighted by Crippen LogP contribution is 2.33. The van der Waals surface area contributed by atoms with Crippen LogP contribution >= 0.6 is 0 Å². The number of carboxylic acids is 1. The highest BCUT2D eigenvalue weighted by atomic mass is 16.5. The summed E-state index contributed by atoms with van der Waals surface area (Å²) in [4.78, 5) is 13.8. The molecule has 1 N–H and O–H groups in total. The van der Waals surface area contributed by atoms with E-state index < -0.39 is 12.0 Å². The number of aryl methyl sites for hydroxylation is 1. The van der Waals surface area contributed by atoms with Gasteiger partial charge in [-0.25, -0.2) is 0 Å². The summed E-state index contributed by atoms with van der Waals surface area (Å²) in [6, 6.07) is 7.19. The van der Waals surface area contributed by atoms with E-state index in [2.05, 4.69) is 19.0 Å². The van der Waals surface area contributed by atoms with Crippen molar-refractivity contribution in [3.63, 3.8) is 0 Å². The van der Waals surface area contributed by atoms with Crippen LogP contribution in [0.15, 0.2) is 28.8 Å². The molecule has 23 heavy (non-hydrogen) atoms. The van der Waals surface area contributed by atoms with Crippen LogP contribution in [0.5, 0.6) is 0 Å². The summed E-state index contributed by atoms with van der Waals surface area (Å²) >= 11 is 0. The number of carboxylic acid groups (broad SMARTS) is 1. The lowest BCUT2D eigenvalue weighted by Gasteiger charge is -2.34. The first-order valence-corrected chi connectivity index (χ1v) is 7.98. The van der Waals surface area contributed by atoms with Gasteiger partial charge >= 0.3 is 5.97 Å². The number of aromatic nitrogens is 1. The lowest BCUT2D eigenvalue weighted by Crippen LogP contribution is -2.39. The van der Waals surface area contributed by atoms with Crippen LogP contribution in [0.4, 0.5) is 0 Å². The third-order valence-electron chi connectivity index (χ3n) is 4.52. The first-order valence-electron chi connectivity index (χ1n) is 7.98. The van der Waals surface area contributed by atoms with E-state index in [4.69, 9.17) is 4.52 Å². The van der Waals surface area contributed by atoms with Crippen molar-refractivity contribution >= 4 is 5.97 Å². The second kappa shape index (κ2) is 6.16. The second-order valence-corrected chi connectivity index (χ2v) is 6.48. The molecule has 1 atom stereocenters. The summed E-state index contributed by atoms with van der Waals surface area (Å²) in [5.74, 6) is 0.198. The van der Waals surface area contributed by atoms with Crippen molar-refractivity contribution in [2.75, 3.05) is 6.54 Å². The molecule has 1 aromatic heterocycles. The van der Waals surface area contributed by atoms with E-state index in [-0.39, 0.29) is 0 Å². The van der Waals surface area contributed by atoms with E-state index in [0.29, 0.717) is 19.0 Å². The average Bonchev–Trinajstić information content (AvgIpc) is 2.95. The van der Waals surface area contributed by atoms with Gasteiger partial charge in [-0.05, 0) is 36.0 Å². The van der Waals surface area contributed by atoms with Crippen LogP contribution in [0.1, 0.15) is 54.0 Å². The molecule has 0 fully saturated rings. The maximum absolute atomic E-state index is 11.9. The number of carbonyl (C=O) groups is 1. The Labute approximate surface area is 135 Å². The van der Waals surface area contributed by atoms with E-state index in [1.54, 1.807) is 0 Å². The normalized spacial score (nSPS) is 18.2. The molecule has 5 nitrogen and oxygen atoms in total. The Morgan fingerprint density at radius 3 is 2.91 bits per heavy atom. The molecule has 2 heterocycles. The van der Waals surface area contributed by atoms with Crippen LogP contribution in [0, 0.1) is 6.92 Å². The van der Waals surface area contributed by atoms with E-state index in [1.165, 1.54) is 0 Å². The third-order valence-corrected chi connectivity index (χ3v) is 4.52. The second-order valence-electron chi connectivity index (χ2n) is 6.48. The highest BCUT2D eigenvalue weighted by molar-refractivity contribution is 5.76. The average molecular weight is 314 g/mol. The zero-order valence-corrected chi connectivity index (χ0v) is 13.7. The Balaban J connectivity index is 1.88. The number of benzene rings is 1. The molecule has 0 amide bonds. The predicted octanol–water partition coefficient (Wildman–Crippen LogP) is 3.29. The summed E-state index contributed by atoms with van der Waals surface area (Å²) < 4.78 is 5.38. The minimum Gasteiger partial charge on any atom is -0.480 e. The number of nitrogens with zero attached hydrogens (tertiary/aromatic N) is 2. The largest absolute Gasteiger partial charge is 0.480 e. The number of aliphatic carboxylic acids is 1. The van der Waals surface area contributed by atoms with Crippen molar-refractivity contribution in [2.45, 2.75) is 45.7 Å². The SMILES string of the molecule is Cc1cccc2c1CCN(Cc1cc(C(C)C)no1)C2C(=O)O. The van der Waals surface area contributed by atoms with Gasteiger partial charge in [0.25, 0.3) is 0 Å². The maximum atomic E-state index is 11.9. The van der Waals surface area contributed by atoms with Crippen LogP contribution in [0.2, 0.25) is 0 Å². The monoisotopic (exact) mass is 314 g/mol. The topological polar surface area (TPSA) is 66.6 Å². The van der Waals surface area contributed by atoms with E-state index >= 15 is 0 Å². The lowest BCUT2D eigenvalue weighted by atomic mass is 9.89. The Kier molecular flexibility index (Phi) is 4.22. The molecule has 0 saturated carbocycles. The molecule has 122 valence electrons. The number of fused-ring (bicyclic) bond motifs is 1. The number of hydrogen-bond acceptors (Lipinski definition) is 4. The summed E-state index contributed by atoms with van der Waals surface area (Å²) in [6.07, 6.45) is 0.858. The fourth-order valence-corrected chi connectivity index (χ4v) is 3.24. The van der Waals surface area contributed by atoms with Crippen molar-refractivity contribution in [2.24, 2.45) is 0 Å². The number of hydrogen-bond donors (Lipinski definition) is 1. The fourth-order valence-electron chi connectivity index (χ4n) is 3.24. The smallest absolute Gasteiger partial charge is 0.325 e. The molecule has 5 heteroatoms. The van der Waals surface area contributed by atoms with Gasteiger partial charge < -0.3 is 9.63 Å². The lowest BCUT2D eigenvalue weighted by molar-refractivity contribution is -0.144. The summed E-state index contributed by atoms with van der Waals surface area (Å²) in [5.41, 5.74) is 4.12. The molecule has 1 aromatic carbocycles. The molecule has 0 bridgehead atoms. The first kappa shape index (κ1) is 15.7. The Morgan fingerprint density at radius 2 is 2.26 bits per heavy atom. The minimum atomic E-state index is -0.819. The standard InChI is InChI=1S/C18H22N2O3/c1-11(2)16-9-13(23-19-16)10-20-8-7-14-12(3)5-4-6-15(14)17(20)18(21)22/h4-6,9,11,17H,7-8,10H2,1-3H3,(H,21,22). The van der Waals surface area contributed by atoms with Gasteiger partial charge in [0, 0.05) is 12.6 Å². The van der Waals surface area contributed by atoms with E-state index in [1.807, 2.05) is 36.1 Å². The van der Waals surface area contributed by atoms with Gasteiger partial charge in [-0.1, -0.05) is 37.2 Å². The van der Waals surface area contributed by atoms with Crippen molar-refractivity contribution < 1.29 is 14.4 Å². The van der Waals surface area contributed by atoms with Crippen LogP contribution in [0.3, 0.4) is 0 Å². The first-order chi connectivity index (χ1) is 11.0. The van der Waals surface area contributed by atoms with Gasteiger partial charge in [0.15, 0.2) is 5.76 Å². The van der Waals surface area contributed by atoms with Crippen molar-refractivity contribution in [3.8, 4) is 0 Å². The quantitative estimate of drug-likeness (QED) is 0.938. The van der Waals surface area contributed by atoms with Crippen LogP contribution < -0.4 is 0 Å². The summed E-state index contributed by atoms with van der Waals surface area (Å²) in [5, 5.41) is 13.8. The van der Waals surface area contributed by atoms with Crippen molar-refractivity contribution in [1.29, 1.82) is 0 Å². The zero-order valence-electron chi connectivity index (χ0n) is 13.7. The van der Waals surface area contributed by atoms with Crippen molar-refractivity contribution in [3.05, 3.63) is 52.4 Å². The van der Waals surface area contributed by atoms with E-state index in [9.17, 15) is 9.90 Å². The maximum Gasteiger partial charge on any atom is 0.325 e. The fraction of sp³-hybridized carbons (Fsp3) is 0.444. The van der Waals surface area contributed by atoms with Gasteiger partial charge in [-0.15, -0.1) is 0 Å². The van der Waals surface area contributed by atoms with Crippen LogP contribution in [-0.2, 0) is 17.8 Å². The summed E-state index contributed by atoms with van der Waals surface area (Å²) in [7, 11) is 0.